The molecule has 6 nitrogen and oxygen atoms in total. The van der Waals surface area contributed by atoms with Gasteiger partial charge in [0.15, 0.2) is 0 Å². The molecule has 0 amide bonds. The Morgan fingerprint density at radius 2 is 2.08 bits per heavy atom. The van der Waals surface area contributed by atoms with Crippen molar-refractivity contribution in [3.63, 3.8) is 0 Å². The van der Waals surface area contributed by atoms with E-state index in [2.05, 4.69) is 14.3 Å². The summed E-state index contributed by atoms with van der Waals surface area (Å²) in [5.41, 5.74) is 3.59. The van der Waals surface area contributed by atoms with E-state index in [-0.39, 0.29) is 12.3 Å². The largest absolute Gasteiger partial charge is 0.321 e. The Kier molecular flexibility index (Phi) is 4.46. The van der Waals surface area contributed by atoms with Gasteiger partial charge in [0, 0.05) is 35.6 Å². The lowest BCUT2D eigenvalue weighted by molar-refractivity contribution is 0.582. The predicted octanol–water partition coefficient (Wildman–Crippen LogP) is 3.53. The molecule has 1 fully saturated rings. The number of benzene rings is 1. The van der Waals surface area contributed by atoms with E-state index in [1.54, 1.807) is 19.3 Å². The number of aromatic nitrogens is 3. The lowest BCUT2D eigenvalue weighted by Gasteiger charge is -2.09. The zero-order chi connectivity index (χ0) is 18.3. The van der Waals surface area contributed by atoms with E-state index < -0.39 is 10.0 Å². The molecule has 0 atom stereocenters. The number of nitrogens with zero attached hydrogens (tertiary/aromatic N) is 3. The highest BCUT2D eigenvalue weighted by Gasteiger charge is 2.29. The molecule has 0 aliphatic heterocycles. The number of fused-ring (bicyclic) bond motifs is 1. The number of halogens is 1. The fourth-order valence-corrected chi connectivity index (χ4v) is 3.73. The standard InChI is InChI=1S/C18H19ClN4O2S/c1-2-26(24,25)21-10-12-7-13(11-20-9-12)18-22-16-6-3-14(19)8-17(16)23(18)15-4-5-15/h3,6-9,11,15,21H,2,4-5,10H2,1H3. The minimum atomic E-state index is -3.25. The number of hydrogen-bond acceptors (Lipinski definition) is 4. The smallest absolute Gasteiger partial charge is 0.211 e. The first-order valence-electron chi connectivity index (χ1n) is 8.56. The van der Waals surface area contributed by atoms with Gasteiger partial charge in [-0.05, 0) is 49.6 Å². The van der Waals surface area contributed by atoms with Crippen LogP contribution < -0.4 is 4.72 Å². The summed E-state index contributed by atoms with van der Waals surface area (Å²) in [6, 6.07) is 8.07. The van der Waals surface area contributed by atoms with Crippen LogP contribution in [0, 0.1) is 0 Å². The van der Waals surface area contributed by atoms with Gasteiger partial charge in [-0.1, -0.05) is 11.6 Å². The summed E-state index contributed by atoms with van der Waals surface area (Å²) in [5.74, 6) is 0.899. The average Bonchev–Trinajstić information content (AvgIpc) is 3.40. The molecule has 8 heteroatoms. The van der Waals surface area contributed by atoms with Crippen LogP contribution in [0.2, 0.25) is 5.02 Å². The summed E-state index contributed by atoms with van der Waals surface area (Å²) in [4.78, 5) is 9.06. The molecular weight excluding hydrogens is 372 g/mol. The molecule has 0 spiro atoms. The molecule has 0 bridgehead atoms. The minimum Gasteiger partial charge on any atom is -0.321 e. The van der Waals surface area contributed by atoms with E-state index in [9.17, 15) is 8.42 Å². The Morgan fingerprint density at radius 3 is 2.81 bits per heavy atom. The van der Waals surface area contributed by atoms with Crippen LogP contribution in [0.4, 0.5) is 0 Å². The van der Waals surface area contributed by atoms with Gasteiger partial charge >= 0.3 is 0 Å². The number of sulfonamides is 1. The molecule has 1 saturated carbocycles. The third-order valence-corrected chi connectivity index (χ3v) is 6.07. The molecule has 3 aromatic rings. The van der Waals surface area contributed by atoms with Crippen LogP contribution in [0.25, 0.3) is 22.4 Å². The minimum absolute atomic E-state index is 0.0539. The van der Waals surface area contributed by atoms with E-state index >= 15 is 0 Å². The van der Waals surface area contributed by atoms with Crippen molar-refractivity contribution in [1.82, 2.24) is 19.3 Å². The van der Waals surface area contributed by atoms with Crippen LogP contribution in [-0.4, -0.2) is 28.7 Å². The summed E-state index contributed by atoms with van der Waals surface area (Å²) >= 11 is 6.18. The maximum atomic E-state index is 11.7. The van der Waals surface area contributed by atoms with Gasteiger partial charge in [-0.15, -0.1) is 0 Å². The van der Waals surface area contributed by atoms with E-state index in [0.29, 0.717) is 11.1 Å². The average molecular weight is 391 g/mol. The summed E-state index contributed by atoms with van der Waals surface area (Å²) in [5, 5.41) is 0.687. The third-order valence-electron chi connectivity index (χ3n) is 4.49. The van der Waals surface area contributed by atoms with Crippen LogP contribution in [0.3, 0.4) is 0 Å². The molecule has 2 aromatic heterocycles. The Bertz CT molecular complexity index is 1070. The molecule has 26 heavy (non-hydrogen) atoms. The highest BCUT2D eigenvalue weighted by Crippen LogP contribution is 2.41. The van der Waals surface area contributed by atoms with Gasteiger partial charge in [0.1, 0.15) is 5.82 Å². The molecule has 136 valence electrons. The van der Waals surface area contributed by atoms with Crippen LogP contribution in [-0.2, 0) is 16.6 Å². The molecule has 1 N–H and O–H groups in total. The second-order valence-electron chi connectivity index (χ2n) is 6.48. The topological polar surface area (TPSA) is 76.9 Å². The van der Waals surface area contributed by atoms with Gasteiger partial charge < -0.3 is 4.57 Å². The van der Waals surface area contributed by atoms with Crippen molar-refractivity contribution in [2.45, 2.75) is 32.4 Å². The van der Waals surface area contributed by atoms with E-state index in [1.807, 2.05) is 24.3 Å². The van der Waals surface area contributed by atoms with Gasteiger partial charge in [0.05, 0.1) is 16.8 Å². The van der Waals surface area contributed by atoms with Crippen molar-refractivity contribution in [3.05, 3.63) is 47.2 Å². The molecule has 1 aliphatic rings. The number of rotatable bonds is 6. The maximum Gasteiger partial charge on any atom is 0.211 e. The van der Waals surface area contributed by atoms with Crippen molar-refractivity contribution >= 4 is 32.7 Å². The first-order chi connectivity index (χ1) is 12.5. The van der Waals surface area contributed by atoms with Crippen molar-refractivity contribution in [2.75, 3.05) is 5.75 Å². The number of hydrogen-bond donors (Lipinski definition) is 1. The molecule has 1 aliphatic carbocycles. The van der Waals surface area contributed by atoms with Crippen molar-refractivity contribution in [2.24, 2.45) is 0 Å². The van der Waals surface area contributed by atoms with E-state index in [1.165, 1.54) is 0 Å². The fourth-order valence-electron chi connectivity index (χ4n) is 2.97. The van der Waals surface area contributed by atoms with Gasteiger partial charge in [-0.2, -0.15) is 0 Å². The lowest BCUT2D eigenvalue weighted by Crippen LogP contribution is -2.24. The Labute approximate surface area is 157 Å². The van der Waals surface area contributed by atoms with Crippen molar-refractivity contribution in [1.29, 1.82) is 0 Å². The Balaban J connectivity index is 1.74. The lowest BCUT2D eigenvalue weighted by atomic mass is 10.2. The maximum absolute atomic E-state index is 11.7. The summed E-state index contributed by atoms with van der Waals surface area (Å²) in [6.07, 6.45) is 5.67. The zero-order valence-electron chi connectivity index (χ0n) is 14.3. The van der Waals surface area contributed by atoms with Gasteiger partial charge in [-0.3, -0.25) is 4.98 Å². The summed E-state index contributed by atoms with van der Waals surface area (Å²) in [6.45, 7) is 1.83. The van der Waals surface area contributed by atoms with Crippen LogP contribution in [0.1, 0.15) is 31.4 Å². The Morgan fingerprint density at radius 1 is 1.27 bits per heavy atom. The summed E-state index contributed by atoms with van der Waals surface area (Å²) < 4.78 is 28.1. The molecule has 1 aromatic carbocycles. The van der Waals surface area contributed by atoms with E-state index in [0.717, 1.165) is 40.8 Å². The van der Waals surface area contributed by atoms with Gasteiger partial charge in [-0.25, -0.2) is 18.1 Å². The third kappa shape index (κ3) is 3.47. The second-order valence-corrected chi connectivity index (χ2v) is 9.01. The molecular formula is C18H19ClN4O2S. The molecule has 0 saturated heterocycles. The van der Waals surface area contributed by atoms with Crippen molar-refractivity contribution < 1.29 is 8.42 Å². The summed E-state index contributed by atoms with van der Waals surface area (Å²) in [7, 11) is -3.25. The first-order valence-corrected chi connectivity index (χ1v) is 10.6. The molecule has 4 rings (SSSR count). The fraction of sp³-hybridized carbons (Fsp3) is 0.333. The zero-order valence-corrected chi connectivity index (χ0v) is 15.9. The number of pyridine rings is 1. The molecule has 0 radical (unpaired) electrons. The molecule has 2 heterocycles. The van der Waals surface area contributed by atoms with E-state index in [4.69, 9.17) is 16.6 Å². The van der Waals surface area contributed by atoms with Crippen LogP contribution >= 0.6 is 11.6 Å². The quantitative estimate of drug-likeness (QED) is 0.698. The normalized spacial score (nSPS) is 14.8. The predicted molar refractivity (Wildman–Crippen MR) is 103 cm³/mol. The first kappa shape index (κ1) is 17.5. The second kappa shape index (κ2) is 6.64. The van der Waals surface area contributed by atoms with Gasteiger partial charge in [0.2, 0.25) is 10.0 Å². The van der Waals surface area contributed by atoms with Crippen LogP contribution in [0.5, 0.6) is 0 Å². The Hall–Kier alpha value is -1.96. The number of imidazole rings is 1. The monoisotopic (exact) mass is 390 g/mol. The van der Waals surface area contributed by atoms with Gasteiger partial charge in [0.25, 0.3) is 0 Å². The van der Waals surface area contributed by atoms with Crippen molar-refractivity contribution in [3.8, 4) is 11.4 Å². The highest BCUT2D eigenvalue weighted by molar-refractivity contribution is 7.89. The van der Waals surface area contributed by atoms with Crippen LogP contribution in [0.15, 0.2) is 36.7 Å². The highest BCUT2D eigenvalue weighted by atomic mass is 35.5. The number of nitrogens with one attached hydrogen (secondary N) is 1. The SMILES string of the molecule is CCS(=O)(=O)NCc1cncc(-c2nc3ccc(Cl)cc3n2C2CC2)c1. The molecule has 0 unspecified atom stereocenters.